The van der Waals surface area contributed by atoms with Crippen LogP contribution in [-0.2, 0) is 14.8 Å². The Labute approximate surface area is 168 Å². The largest absolute Gasteiger partial charge is 0.325 e. The number of nitrogens with one attached hydrogen (secondary N) is 2. The Kier molecular flexibility index (Phi) is 5.89. The summed E-state index contributed by atoms with van der Waals surface area (Å²) >= 11 is 8.29. The summed E-state index contributed by atoms with van der Waals surface area (Å²) in [6.07, 6.45) is 1.08. The molecule has 0 spiro atoms. The van der Waals surface area contributed by atoms with Gasteiger partial charge in [-0.05, 0) is 36.4 Å². The number of rotatable bonds is 6. The highest BCUT2D eigenvalue weighted by molar-refractivity contribution is 8.01. The Morgan fingerprint density at radius 1 is 1.26 bits per heavy atom. The second-order valence-electron chi connectivity index (χ2n) is 5.50. The van der Waals surface area contributed by atoms with Crippen molar-refractivity contribution < 1.29 is 17.6 Å². The first kappa shape index (κ1) is 19.9. The molecule has 0 saturated heterocycles. The third-order valence-electron chi connectivity index (χ3n) is 3.20. The fraction of sp³-hybridized carbons (Fsp3) is 0.125. The van der Waals surface area contributed by atoms with Gasteiger partial charge in [0.2, 0.25) is 15.9 Å². The molecular formula is C16H13ClFN3O3S3. The summed E-state index contributed by atoms with van der Waals surface area (Å²) in [5.41, 5.74) is 1.58. The quantitative estimate of drug-likeness (QED) is 0.555. The maximum absolute atomic E-state index is 13.1. The molecule has 3 aromatic rings. The standard InChI is InChI=1S/C16H13ClFN3O3S3/c1-27(23,24)21-10-3-5-13-14(7-10)26-16(20-13)25-8-15(22)19-9-2-4-12(18)11(17)6-9/h2-7,21H,8H2,1H3,(H,19,22). The topological polar surface area (TPSA) is 88.2 Å². The highest BCUT2D eigenvalue weighted by atomic mass is 35.5. The third-order valence-corrected chi connectivity index (χ3v) is 6.26. The molecule has 0 aliphatic heterocycles. The van der Waals surface area contributed by atoms with E-state index in [4.69, 9.17) is 11.6 Å². The van der Waals surface area contributed by atoms with Gasteiger partial charge in [-0.25, -0.2) is 17.8 Å². The second-order valence-corrected chi connectivity index (χ2v) is 9.91. The number of anilines is 2. The van der Waals surface area contributed by atoms with Crippen molar-refractivity contribution in [1.82, 2.24) is 4.98 Å². The number of hydrogen-bond donors (Lipinski definition) is 2. The van der Waals surface area contributed by atoms with Crippen LogP contribution in [0.1, 0.15) is 0 Å². The van der Waals surface area contributed by atoms with Gasteiger partial charge >= 0.3 is 0 Å². The maximum atomic E-state index is 13.1. The smallest absolute Gasteiger partial charge is 0.234 e. The Morgan fingerprint density at radius 2 is 2.00 bits per heavy atom. The lowest BCUT2D eigenvalue weighted by atomic mass is 10.3. The average Bonchev–Trinajstić information content (AvgIpc) is 2.97. The number of amides is 1. The number of aromatic nitrogens is 1. The van der Waals surface area contributed by atoms with Crippen LogP contribution >= 0.6 is 34.7 Å². The molecule has 11 heteroatoms. The molecule has 0 aliphatic carbocycles. The van der Waals surface area contributed by atoms with Gasteiger partial charge < -0.3 is 5.32 Å². The van der Waals surface area contributed by atoms with E-state index in [0.717, 1.165) is 11.0 Å². The molecule has 0 fully saturated rings. The first-order valence-electron chi connectivity index (χ1n) is 7.46. The highest BCUT2D eigenvalue weighted by Gasteiger charge is 2.11. The van der Waals surface area contributed by atoms with Crippen molar-refractivity contribution >= 4 is 72.2 Å². The molecule has 0 radical (unpaired) electrons. The minimum atomic E-state index is -3.35. The Bertz CT molecular complexity index is 1120. The molecule has 27 heavy (non-hydrogen) atoms. The summed E-state index contributed by atoms with van der Waals surface area (Å²) in [5, 5.41) is 2.57. The van der Waals surface area contributed by atoms with Crippen molar-refractivity contribution in [3.05, 3.63) is 47.2 Å². The van der Waals surface area contributed by atoms with Crippen molar-refractivity contribution in [2.45, 2.75) is 4.34 Å². The lowest BCUT2D eigenvalue weighted by Gasteiger charge is -2.05. The highest BCUT2D eigenvalue weighted by Crippen LogP contribution is 2.31. The molecule has 0 atom stereocenters. The molecule has 0 saturated carbocycles. The van der Waals surface area contributed by atoms with E-state index in [9.17, 15) is 17.6 Å². The van der Waals surface area contributed by atoms with Gasteiger partial charge in [0.05, 0.1) is 32.9 Å². The van der Waals surface area contributed by atoms with Crippen LogP contribution in [0.4, 0.5) is 15.8 Å². The molecule has 1 heterocycles. The summed E-state index contributed by atoms with van der Waals surface area (Å²) < 4.78 is 39.6. The van der Waals surface area contributed by atoms with Crippen molar-refractivity contribution in [2.24, 2.45) is 0 Å². The molecule has 6 nitrogen and oxygen atoms in total. The summed E-state index contributed by atoms with van der Waals surface area (Å²) in [7, 11) is -3.35. The van der Waals surface area contributed by atoms with E-state index < -0.39 is 15.8 Å². The van der Waals surface area contributed by atoms with Crippen LogP contribution in [0.3, 0.4) is 0 Å². The Morgan fingerprint density at radius 3 is 2.70 bits per heavy atom. The lowest BCUT2D eigenvalue weighted by Crippen LogP contribution is -2.13. The zero-order chi connectivity index (χ0) is 19.6. The number of thioether (sulfide) groups is 1. The monoisotopic (exact) mass is 445 g/mol. The van der Waals surface area contributed by atoms with Gasteiger partial charge in [0, 0.05) is 5.69 Å². The lowest BCUT2D eigenvalue weighted by molar-refractivity contribution is -0.113. The summed E-state index contributed by atoms with van der Waals surface area (Å²) in [4.78, 5) is 16.4. The second kappa shape index (κ2) is 8.01. The molecule has 0 unspecified atom stereocenters. The molecule has 0 aliphatic rings. The van der Waals surface area contributed by atoms with E-state index in [1.54, 1.807) is 18.2 Å². The Balaban J connectivity index is 1.64. The number of nitrogens with zero attached hydrogens (tertiary/aromatic N) is 1. The van der Waals surface area contributed by atoms with Crippen molar-refractivity contribution in [3.63, 3.8) is 0 Å². The first-order valence-corrected chi connectivity index (χ1v) is 11.5. The van der Waals surface area contributed by atoms with Gasteiger partial charge in [0.15, 0.2) is 4.34 Å². The molecule has 1 amide bonds. The van der Waals surface area contributed by atoms with Crippen molar-refractivity contribution in [3.8, 4) is 0 Å². The van der Waals surface area contributed by atoms with Gasteiger partial charge in [-0.15, -0.1) is 11.3 Å². The fourth-order valence-corrected chi connectivity index (χ4v) is 4.78. The van der Waals surface area contributed by atoms with Crippen molar-refractivity contribution in [1.29, 1.82) is 0 Å². The van der Waals surface area contributed by atoms with Crippen LogP contribution in [0.2, 0.25) is 5.02 Å². The SMILES string of the molecule is CS(=O)(=O)Nc1ccc2nc(SCC(=O)Nc3ccc(F)c(Cl)c3)sc2c1. The zero-order valence-corrected chi connectivity index (χ0v) is 17.0. The minimum Gasteiger partial charge on any atom is -0.325 e. The first-order chi connectivity index (χ1) is 12.7. The van der Waals surface area contributed by atoms with E-state index in [-0.39, 0.29) is 16.7 Å². The molecule has 3 rings (SSSR count). The summed E-state index contributed by atoms with van der Waals surface area (Å²) in [6.45, 7) is 0. The van der Waals surface area contributed by atoms with Crippen LogP contribution in [-0.4, -0.2) is 31.3 Å². The van der Waals surface area contributed by atoms with Crippen LogP contribution in [0, 0.1) is 5.82 Å². The van der Waals surface area contributed by atoms with E-state index in [0.29, 0.717) is 21.2 Å². The van der Waals surface area contributed by atoms with Crippen LogP contribution in [0.25, 0.3) is 10.2 Å². The van der Waals surface area contributed by atoms with E-state index in [1.807, 2.05) is 0 Å². The summed E-state index contributed by atoms with van der Waals surface area (Å²) in [6, 6.07) is 8.98. The molecular weight excluding hydrogens is 433 g/mol. The molecule has 0 bridgehead atoms. The fourth-order valence-electron chi connectivity index (χ4n) is 2.14. The minimum absolute atomic E-state index is 0.0647. The van der Waals surface area contributed by atoms with E-state index in [1.165, 1.54) is 41.3 Å². The number of carbonyl (C=O) groups is 1. The number of fused-ring (bicyclic) bond motifs is 1. The Hall–Kier alpha value is -1.88. The average molecular weight is 446 g/mol. The van der Waals surface area contributed by atoms with Gasteiger partial charge in [0.25, 0.3) is 0 Å². The predicted octanol–water partition coefficient (Wildman–Crippen LogP) is 4.19. The van der Waals surface area contributed by atoms with E-state index in [2.05, 4.69) is 15.0 Å². The number of thiazole rings is 1. The number of halogens is 2. The van der Waals surface area contributed by atoms with E-state index >= 15 is 0 Å². The van der Waals surface area contributed by atoms with Gasteiger partial charge in [0.1, 0.15) is 5.82 Å². The van der Waals surface area contributed by atoms with Crippen LogP contribution in [0.15, 0.2) is 40.7 Å². The maximum Gasteiger partial charge on any atom is 0.234 e. The molecule has 142 valence electrons. The predicted molar refractivity (Wildman–Crippen MR) is 109 cm³/mol. The molecule has 2 aromatic carbocycles. The number of benzene rings is 2. The third kappa shape index (κ3) is 5.55. The van der Waals surface area contributed by atoms with Gasteiger partial charge in [-0.2, -0.15) is 0 Å². The van der Waals surface area contributed by atoms with Gasteiger partial charge in [-0.3, -0.25) is 9.52 Å². The van der Waals surface area contributed by atoms with Crippen LogP contribution < -0.4 is 10.0 Å². The molecule has 2 N–H and O–H groups in total. The zero-order valence-electron chi connectivity index (χ0n) is 13.8. The normalized spacial score (nSPS) is 11.5. The van der Waals surface area contributed by atoms with Crippen molar-refractivity contribution in [2.75, 3.05) is 22.0 Å². The molecule has 1 aromatic heterocycles. The van der Waals surface area contributed by atoms with Crippen LogP contribution in [0.5, 0.6) is 0 Å². The number of hydrogen-bond acceptors (Lipinski definition) is 6. The number of sulfonamides is 1. The summed E-state index contributed by atoms with van der Waals surface area (Å²) in [5.74, 6) is -0.715. The number of carbonyl (C=O) groups excluding carboxylic acids is 1. The van der Waals surface area contributed by atoms with Gasteiger partial charge in [-0.1, -0.05) is 23.4 Å².